The summed E-state index contributed by atoms with van der Waals surface area (Å²) < 4.78 is 7.78. The van der Waals surface area contributed by atoms with Crippen molar-refractivity contribution in [3.05, 3.63) is 64.4 Å². The molecule has 0 spiro atoms. The maximum atomic E-state index is 13.3. The summed E-state index contributed by atoms with van der Waals surface area (Å²) in [6.45, 7) is 4.53. The van der Waals surface area contributed by atoms with E-state index in [1.54, 1.807) is 9.58 Å². The molecule has 0 aliphatic carbocycles. The molecule has 1 aliphatic heterocycles. The molecule has 1 aromatic heterocycles. The fraction of sp³-hybridized carbons (Fsp3) is 0.333. The Morgan fingerprint density at radius 1 is 1.19 bits per heavy atom. The van der Waals surface area contributed by atoms with Gasteiger partial charge in [-0.1, -0.05) is 56.3 Å². The number of amides is 1. The number of H-pyrrole nitrogens is 1. The average molecular weight is 452 g/mol. The zero-order chi connectivity index (χ0) is 22.7. The average Bonchev–Trinajstić information content (AvgIpc) is 2.82. The number of rotatable bonds is 7. The number of thioether (sulfide) groups is 1. The highest BCUT2D eigenvalue weighted by atomic mass is 32.2. The number of para-hydroxylation sites is 2. The number of anilines is 1. The standard InChI is InChI=1S/C24H26N4O3S/c1-4-6-15-31-19-14-10-8-12-17(19)23-27(20(29)5-2)18-13-9-7-11-16(18)21-22(30)25-24(32-3)26-28(21)23/h7-14,23H,4-6,15H2,1-3H3/p+1/t23-/m0/s1. The molecule has 1 N–H and O–H groups in total. The van der Waals surface area contributed by atoms with Gasteiger partial charge < -0.3 is 4.74 Å². The van der Waals surface area contributed by atoms with E-state index in [2.05, 4.69) is 11.9 Å². The zero-order valence-electron chi connectivity index (χ0n) is 18.5. The molecule has 0 radical (unpaired) electrons. The molecular formula is C24H27N4O3S+. The fourth-order valence-electron chi connectivity index (χ4n) is 3.94. The number of hydrogen-bond acceptors (Lipinski definition) is 5. The number of unbranched alkanes of at least 4 members (excludes halogenated alkanes) is 1. The van der Waals surface area contributed by atoms with E-state index in [9.17, 15) is 9.59 Å². The van der Waals surface area contributed by atoms with Crippen molar-refractivity contribution in [1.82, 2.24) is 10.1 Å². The summed E-state index contributed by atoms with van der Waals surface area (Å²) in [7, 11) is 0. The van der Waals surface area contributed by atoms with Crippen LogP contribution in [0.3, 0.4) is 0 Å². The maximum Gasteiger partial charge on any atom is 0.325 e. The van der Waals surface area contributed by atoms with Crippen molar-refractivity contribution in [2.45, 2.75) is 44.4 Å². The summed E-state index contributed by atoms with van der Waals surface area (Å²) in [5, 5.41) is 5.21. The summed E-state index contributed by atoms with van der Waals surface area (Å²) in [5.41, 5.74) is 2.34. The van der Waals surface area contributed by atoms with Crippen LogP contribution in [-0.2, 0) is 4.79 Å². The number of nitrogens with one attached hydrogen (secondary N) is 1. The van der Waals surface area contributed by atoms with Gasteiger partial charge in [0.2, 0.25) is 11.1 Å². The predicted molar refractivity (Wildman–Crippen MR) is 125 cm³/mol. The number of carbonyl (C=O) groups is 1. The number of hydrogen-bond donors (Lipinski definition) is 1. The summed E-state index contributed by atoms with van der Waals surface area (Å²) in [4.78, 5) is 31.0. The fourth-order valence-corrected chi connectivity index (χ4v) is 4.30. The number of ether oxygens (including phenoxy) is 1. The smallest absolute Gasteiger partial charge is 0.325 e. The molecule has 1 amide bonds. The monoisotopic (exact) mass is 451 g/mol. The van der Waals surface area contributed by atoms with Crippen LogP contribution in [0.15, 0.2) is 58.5 Å². The molecule has 1 atom stereocenters. The van der Waals surface area contributed by atoms with Gasteiger partial charge in [-0.15, -0.1) is 0 Å². The second-order valence-corrected chi connectivity index (χ2v) is 8.30. The number of carbonyl (C=O) groups excluding carboxylic acids is 1. The van der Waals surface area contributed by atoms with E-state index >= 15 is 0 Å². The molecule has 0 saturated carbocycles. The van der Waals surface area contributed by atoms with E-state index in [-0.39, 0.29) is 11.5 Å². The van der Waals surface area contributed by atoms with Crippen molar-refractivity contribution in [1.29, 1.82) is 0 Å². The molecule has 3 aromatic rings. The number of aromatic nitrogens is 3. The molecule has 2 aromatic carbocycles. The Labute approximate surface area is 191 Å². The molecule has 2 heterocycles. The molecule has 4 rings (SSSR count). The van der Waals surface area contributed by atoms with Gasteiger partial charge >= 0.3 is 11.3 Å². The molecule has 8 heteroatoms. The lowest BCUT2D eigenvalue weighted by Gasteiger charge is -2.32. The largest absolute Gasteiger partial charge is 0.493 e. The zero-order valence-corrected chi connectivity index (χ0v) is 19.3. The Bertz CT molecular complexity index is 1190. The summed E-state index contributed by atoms with van der Waals surface area (Å²) in [6, 6.07) is 15.1. The lowest BCUT2D eigenvalue weighted by Crippen LogP contribution is -2.60. The number of nitrogens with zero attached hydrogens (tertiary/aromatic N) is 3. The second kappa shape index (κ2) is 9.56. The van der Waals surface area contributed by atoms with Crippen LogP contribution in [0.4, 0.5) is 5.69 Å². The third kappa shape index (κ3) is 3.90. The molecule has 0 saturated heterocycles. The normalized spacial score (nSPS) is 14.6. The van der Waals surface area contributed by atoms with E-state index in [4.69, 9.17) is 9.84 Å². The Kier molecular flexibility index (Phi) is 6.60. The topological polar surface area (TPSA) is 79.2 Å². The Morgan fingerprint density at radius 2 is 1.94 bits per heavy atom. The summed E-state index contributed by atoms with van der Waals surface area (Å²) >= 11 is 1.35. The Balaban J connectivity index is 2.00. The SMILES string of the molecule is CCCCOc1ccccc1[C@H]1N(C(=O)CC)c2ccccc2-c2c(=O)[nH]c(SC)n[n+]21. The third-order valence-corrected chi connectivity index (χ3v) is 6.05. The van der Waals surface area contributed by atoms with Crippen molar-refractivity contribution in [2.75, 3.05) is 17.8 Å². The first-order valence-corrected chi connectivity index (χ1v) is 12.1. The van der Waals surface area contributed by atoms with Crippen LogP contribution in [0.1, 0.15) is 44.8 Å². The molecular weight excluding hydrogens is 424 g/mol. The van der Waals surface area contributed by atoms with Crippen LogP contribution in [0, 0.1) is 0 Å². The predicted octanol–water partition coefficient (Wildman–Crippen LogP) is 3.93. The van der Waals surface area contributed by atoms with Crippen LogP contribution in [0.25, 0.3) is 11.3 Å². The lowest BCUT2D eigenvalue weighted by molar-refractivity contribution is -0.763. The van der Waals surface area contributed by atoms with Gasteiger partial charge in [0.1, 0.15) is 5.75 Å². The van der Waals surface area contributed by atoms with E-state index in [0.29, 0.717) is 40.9 Å². The minimum Gasteiger partial charge on any atom is -0.493 e. The van der Waals surface area contributed by atoms with Crippen LogP contribution >= 0.6 is 11.8 Å². The molecule has 0 bridgehead atoms. The first-order chi connectivity index (χ1) is 15.6. The van der Waals surface area contributed by atoms with Crippen LogP contribution in [0.2, 0.25) is 0 Å². The maximum absolute atomic E-state index is 13.3. The molecule has 0 fully saturated rings. The van der Waals surface area contributed by atoms with Gasteiger partial charge in [0.25, 0.3) is 6.17 Å². The van der Waals surface area contributed by atoms with E-state index in [0.717, 1.165) is 18.4 Å². The van der Waals surface area contributed by atoms with Gasteiger partial charge in [0.05, 0.1) is 23.4 Å². The summed E-state index contributed by atoms with van der Waals surface area (Å²) in [5.74, 6) is 0.627. The molecule has 0 unspecified atom stereocenters. The van der Waals surface area contributed by atoms with Gasteiger partial charge in [0.15, 0.2) is 0 Å². The highest BCUT2D eigenvalue weighted by molar-refractivity contribution is 7.98. The molecule has 166 valence electrons. The van der Waals surface area contributed by atoms with E-state index < -0.39 is 6.17 Å². The first-order valence-electron chi connectivity index (χ1n) is 10.8. The van der Waals surface area contributed by atoms with Crippen LogP contribution < -0.4 is 19.9 Å². The molecule has 7 nitrogen and oxygen atoms in total. The van der Waals surface area contributed by atoms with E-state index in [1.165, 1.54) is 11.8 Å². The van der Waals surface area contributed by atoms with Crippen molar-refractivity contribution < 1.29 is 14.2 Å². The van der Waals surface area contributed by atoms with Gasteiger partial charge in [-0.3, -0.25) is 14.6 Å². The van der Waals surface area contributed by atoms with Gasteiger partial charge in [-0.05, 0) is 41.6 Å². The van der Waals surface area contributed by atoms with E-state index in [1.807, 2.05) is 61.7 Å². The minimum atomic E-state index is -0.640. The van der Waals surface area contributed by atoms with Crippen molar-refractivity contribution in [3.63, 3.8) is 0 Å². The van der Waals surface area contributed by atoms with Gasteiger partial charge in [-0.2, -0.15) is 0 Å². The Morgan fingerprint density at radius 3 is 2.69 bits per heavy atom. The third-order valence-electron chi connectivity index (χ3n) is 5.48. The van der Waals surface area contributed by atoms with Crippen molar-refractivity contribution in [2.24, 2.45) is 0 Å². The Hall–Kier alpha value is -3.13. The van der Waals surface area contributed by atoms with Crippen molar-refractivity contribution >= 4 is 23.4 Å². The quantitative estimate of drug-likeness (QED) is 0.335. The summed E-state index contributed by atoms with van der Waals surface area (Å²) in [6.07, 6.45) is 3.48. The highest BCUT2D eigenvalue weighted by Gasteiger charge is 2.46. The minimum absolute atomic E-state index is 0.0586. The number of fused-ring (bicyclic) bond motifs is 3. The van der Waals surface area contributed by atoms with Crippen LogP contribution in [-0.4, -0.2) is 28.9 Å². The number of aromatic amines is 1. The van der Waals surface area contributed by atoms with Gasteiger partial charge in [0, 0.05) is 11.5 Å². The highest BCUT2D eigenvalue weighted by Crippen LogP contribution is 2.39. The first kappa shape index (κ1) is 22.1. The molecule has 32 heavy (non-hydrogen) atoms. The molecule has 1 aliphatic rings. The van der Waals surface area contributed by atoms with Crippen LogP contribution in [0.5, 0.6) is 5.75 Å². The second-order valence-electron chi connectivity index (χ2n) is 7.50. The van der Waals surface area contributed by atoms with Gasteiger partial charge in [-0.25, -0.2) is 4.90 Å². The van der Waals surface area contributed by atoms with Crippen molar-refractivity contribution in [3.8, 4) is 17.0 Å². The lowest BCUT2D eigenvalue weighted by atomic mass is 10.0. The number of benzene rings is 2.